The van der Waals surface area contributed by atoms with E-state index in [9.17, 15) is 9.90 Å². The summed E-state index contributed by atoms with van der Waals surface area (Å²) in [4.78, 5) is 16.9. The molecule has 1 aromatic rings. The van der Waals surface area contributed by atoms with Crippen molar-refractivity contribution in [1.29, 1.82) is 0 Å². The van der Waals surface area contributed by atoms with Gasteiger partial charge >= 0.3 is 221 Å². The number of aliphatic hydroxyl groups is 1. The van der Waals surface area contributed by atoms with Gasteiger partial charge in [0.05, 0.1) is 0 Å². The molecule has 35 heavy (non-hydrogen) atoms. The van der Waals surface area contributed by atoms with Crippen molar-refractivity contribution in [2.24, 2.45) is 11.8 Å². The number of unbranched alkanes of at least 4 members (excludes halogenated alkanes) is 3. The number of fused-ring (bicyclic) bond motifs is 1. The van der Waals surface area contributed by atoms with Crippen LogP contribution in [0.5, 0.6) is 0 Å². The van der Waals surface area contributed by atoms with Crippen LogP contribution in [0.15, 0.2) is 30.3 Å². The van der Waals surface area contributed by atoms with E-state index >= 15 is 0 Å². The summed E-state index contributed by atoms with van der Waals surface area (Å²) in [6.07, 6.45) is 8.92. The van der Waals surface area contributed by atoms with E-state index in [2.05, 4.69) is 83.7 Å². The number of amides is 1. The van der Waals surface area contributed by atoms with Crippen molar-refractivity contribution < 1.29 is 9.90 Å². The molecule has 2 aliphatic rings. The van der Waals surface area contributed by atoms with E-state index in [0.29, 0.717) is 5.91 Å². The monoisotopic (exact) mass is 591 g/mol. The summed E-state index contributed by atoms with van der Waals surface area (Å²) in [6, 6.07) is 10.8. The summed E-state index contributed by atoms with van der Waals surface area (Å²) in [7, 11) is 0. The Morgan fingerprint density at radius 3 is 1.94 bits per heavy atom. The molecule has 5 atom stereocenters. The van der Waals surface area contributed by atoms with Crippen molar-refractivity contribution >= 4 is 24.3 Å². The van der Waals surface area contributed by atoms with Crippen LogP contribution in [0.2, 0.25) is 16.7 Å². The number of hydrogen-bond donors (Lipinski definition) is 1. The van der Waals surface area contributed by atoms with Crippen molar-refractivity contribution in [3.8, 4) is 0 Å². The number of rotatable bonds is 11. The zero-order chi connectivity index (χ0) is 25.9. The van der Waals surface area contributed by atoms with Gasteiger partial charge in [0.1, 0.15) is 0 Å². The molecule has 1 saturated heterocycles. The maximum absolute atomic E-state index is 14.6. The number of benzene rings is 1. The average Bonchev–Trinajstić information content (AvgIpc) is 3.12. The van der Waals surface area contributed by atoms with Crippen LogP contribution in [-0.4, -0.2) is 45.9 Å². The summed E-state index contributed by atoms with van der Waals surface area (Å²) in [5.74, 6) is 0.659. The van der Waals surface area contributed by atoms with E-state index in [0.717, 1.165) is 12.8 Å². The molecule has 1 saturated carbocycles. The predicted molar refractivity (Wildman–Crippen MR) is 151 cm³/mol. The SMILES string of the molecule is CCC[CH2][Sn]([CH2]CCC)([CH2]CCC)[C@@]1(C)C[C@@H](O)C[C@@H]2[C@@H](c3ccccc3)N(C(C)(C)C)C(=O)[C@@H]21. The molecule has 4 heteroatoms. The topological polar surface area (TPSA) is 40.5 Å². The number of aliphatic hydroxyl groups excluding tert-OH is 1. The summed E-state index contributed by atoms with van der Waals surface area (Å²) in [5, 5.41) is 11.5. The molecule has 1 aromatic carbocycles. The van der Waals surface area contributed by atoms with Gasteiger partial charge in [0.15, 0.2) is 0 Å². The number of carbonyl (C=O) groups is 1. The van der Waals surface area contributed by atoms with E-state index < -0.39 is 18.4 Å². The Morgan fingerprint density at radius 1 is 0.971 bits per heavy atom. The van der Waals surface area contributed by atoms with Gasteiger partial charge in [-0.2, -0.15) is 0 Å². The number of carbonyl (C=O) groups excluding carboxylic acids is 1. The van der Waals surface area contributed by atoms with E-state index in [4.69, 9.17) is 0 Å². The second kappa shape index (κ2) is 11.9. The summed E-state index contributed by atoms with van der Waals surface area (Å²) in [5.41, 5.74) is 1.01. The number of likely N-dealkylation sites (tertiary alicyclic amines) is 1. The molecule has 198 valence electrons. The maximum atomic E-state index is 14.6. The van der Waals surface area contributed by atoms with Crippen LogP contribution in [0.1, 0.15) is 111 Å². The van der Waals surface area contributed by atoms with Gasteiger partial charge in [0, 0.05) is 0 Å². The Hall–Kier alpha value is -0.551. The van der Waals surface area contributed by atoms with Crippen molar-refractivity contribution in [3.05, 3.63) is 35.9 Å². The van der Waals surface area contributed by atoms with E-state index in [1.165, 1.54) is 57.4 Å². The van der Waals surface area contributed by atoms with Crippen LogP contribution in [0.3, 0.4) is 0 Å². The quantitative estimate of drug-likeness (QED) is 0.263. The molecule has 0 spiro atoms. The third kappa shape index (κ3) is 5.66. The Kier molecular flexibility index (Phi) is 9.85. The van der Waals surface area contributed by atoms with E-state index in [1.807, 2.05) is 0 Å². The molecule has 1 aliphatic heterocycles. The van der Waals surface area contributed by atoms with Crippen molar-refractivity contribution in [1.82, 2.24) is 4.90 Å². The molecule has 0 radical (unpaired) electrons. The molecule has 2 fully saturated rings. The molecule has 1 heterocycles. The summed E-state index contributed by atoms with van der Waals surface area (Å²) in [6.45, 7) is 16.1. The van der Waals surface area contributed by atoms with Crippen molar-refractivity contribution in [3.63, 3.8) is 0 Å². The van der Waals surface area contributed by atoms with Gasteiger partial charge in [-0.1, -0.05) is 0 Å². The number of hydrogen-bond acceptors (Lipinski definition) is 2. The third-order valence-electron chi connectivity index (χ3n) is 9.61. The second-order valence-electron chi connectivity index (χ2n) is 13.0. The Bertz CT molecular complexity index is 797. The minimum atomic E-state index is -2.89. The van der Waals surface area contributed by atoms with Crippen LogP contribution < -0.4 is 0 Å². The normalized spacial score (nSPS) is 29.5. The van der Waals surface area contributed by atoms with Gasteiger partial charge in [-0.25, -0.2) is 0 Å². The first kappa shape index (κ1) is 29.0. The molecule has 3 nitrogen and oxygen atoms in total. The first-order valence-electron chi connectivity index (χ1n) is 14.6. The van der Waals surface area contributed by atoms with Gasteiger partial charge in [-0.05, 0) is 0 Å². The van der Waals surface area contributed by atoms with Gasteiger partial charge in [-0.15, -0.1) is 0 Å². The molecular weight excluding hydrogens is 537 g/mol. The zero-order valence-electron chi connectivity index (χ0n) is 23.8. The third-order valence-corrected chi connectivity index (χ3v) is 29.2. The first-order chi connectivity index (χ1) is 16.6. The fourth-order valence-corrected chi connectivity index (χ4v) is 28.6. The molecule has 0 unspecified atom stereocenters. The van der Waals surface area contributed by atoms with E-state index in [-0.39, 0.29) is 33.0 Å². The zero-order valence-corrected chi connectivity index (χ0v) is 26.6. The minimum absolute atomic E-state index is 0.0145. The van der Waals surface area contributed by atoms with Gasteiger partial charge in [-0.3, -0.25) is 0 Å². The standard InChI is InChI=1S/C19H26NO2.3C4H9.Sn/c1-12-10-14(21)11-15-16(12)18(22)20(19(2,3)4)17(15)13-8-6-5-7-9-13;3*1-3-4-2;/h5-9,14-17,21H,10-11H2,1-4H3;3*1,3-4H2,2H3;/t14-,15+,16-,17-;;;;/m1..../s1. The van der Waals surface area contributed by atoms with E-state index in [1.54, 1.807) is 0 Å². The van der Waals surface area contributed by atoms with Gasteiger partial charge in [0.2, 0.25) is 0 Å². The fourth-order valence-electron chi connectivity index (χ4n) is 7.99. The Labute approximate surface area is 220 Å². The van der Waals surface area contributed by atoms with Gasteiger partial charge in [0.25, 0.3) is 0 Å². The van der Waals surface area contributed by atoms with Crippen LogP contribution >= 0.6 is 0 Å². The van der Waals surface area contributed by atoms with Crippen LogP contribution in [-0.2, 0) is 4.79 Å². The molecule has 3 rings (SSSR count). The average molecular weight is 590 g/mol. The second-order valence-corrected chi connectivity index (χ2v) is 27.8. The van der Waals surface area contributed by atoms with Crippen molar-refractivity contribution in [2.45, 2.75) is 134 Å². The Balaban J connectivity index is 2.19. The molecular formula is C31H53NO2Sn. The van der Waals surface area contributed by atoms with Crippen LogP contribution in [0, 0.1) is 11.8 Å². The summed E-state index contributed by atoms with van der Waals surface area (Å²) >= 11 is -2.89. The molecule has 1 N–H and O–H groups in total. The molecule has 1 aliphatic carbocycles. The molecule has 0 aromatic heterocycles. The summed E-state index contributed by atoms with van der Waals surface area (Å²) < 4.78 is 4.17. The fraction of sp³-hybridized carbons (Fsp3) is 0.774. The Morgan fingerprint density at radius 2 is 1.49 bits per heavy atom. The van der Waals surface area contributed by atoms with Crippen molar-refractivity contribution in [2.75, 3.05) is 0 Å². The van der Waals surface area contributed by atoms with Crippen LogP contribution in [0.4, 0.5) is 0 Å². The molecule has 1 amide bonds. The predicted octanol–water partition coefficient (Wildman–Crippen LogP) is 8.36. The first-order valence-corrected chi connectivity index (χ1v) is 22.1. The van der Waals surface area contributed by atoms with Gasteiger partial charge < -0.3 is 0 Å². The molecule has 0 bridgehead atoms. The number of nitrogens with zero attached hydrogens (tertiary/aromatic N) is 1. The van der Waals surface area contributed by atoms with Crippen LogP contribution in [0.25, 0.3) is 0 Å².